The SMILES string of the molecule is CCCCn1cc(C(N)=O)c([N+](=O)[O-])n1. The maximum atomic E-state index is 10.9. The number of aromatic nitrogens is 2. The van der Waals surface area contributed by atoms with Crippen LogP contribution < -0.4 is 5.73 Å². The maximum absolute atomic E-state index is 10.9. The van der Waals surface area contributed by atoms with Crippen molar-refractivity contribution in [2.45, 2.75) is 26.3 Å². The molecule has 0 aliphatic carbocycles. The number of carbonyl (C=O) groups is 1. The Labute approximate surface area is 86.0 Å². The first-order valence-corrected chi connectivity index (χ1v) is 4.58. The van der Waals surface area contributed by atoms with Crippen molar-refractivity contribution in [3.8, 4) is 0 Å². The molecule has 0 atom stereocenters. The summed E-state index contributed by atoms with van der Waals surface area (Å²) in [6.07, 6.45) is 3.10. The van der Waals surface area contributed by atoms with Crippen LogP contribution in [0.5, 0.6) is 0 Å². The van der Waals surface area contributed by atoms with E-state index in [2.05, 4.69) is 5.10 Å². The van der Waals surface area contributed by atoms with Gasteiger partial charge in [0.2, 0.25) is 0 Å². The summed E-state index contributed by atoms with van der Waals surface area (Å²) in [7, 11) is 0. The summed E-state index contributed by atoms with van der Waals surface area (Å²) in [6.45, 7) is 2.54. The van der Waals surface area contributed by atoms with E-state index in [1.165, 1.54) is 10.9 Å². The van der Waals surface area contributed by atoms with E-state index >= 15 is 0 Å². The van der Waals surface area contributed by atoms with Crippen molar-refractivity contribution in [1.82, 2.24) is 9.78 Å². The maximum Gasteiger partial charge on any atom is 0.402 e. The molecule has 1 aromatic heterocycles. The van der Waals surface area contributed by atoms with Crippen LogP contribution in [0.25, 0.3) is 0 Å². The molecule has 0 bridgehead atoms. The monoisotopic (exact) mass is 212 g/mol. The fourth-order valence-electron chi connectivity index (χ4n) is 1.15. The minimum Gasteiger partial charge on any atom is -0.365 e. The Morgan fingerprint density at radius 3 is 2.80 bits per heavy atom. The number of primary amides is 1. The van der Waals surface area contributed by atoms with Crippen molar-refractivity contribution in [3.63, 3.8) is 0 Å². The third-order valence-corrected chi connectivity index (χ3v) is 1.92. The molecule has 0 saturated heterocycles. The van der Waals surface area contributed by atoms with Crippen LogP contribution >= 0.6 is 0 Å². The minimum atomic E-state index is -0.829. The van der Waals surface area contributed by atoms with Crippen molar-refractivity contribution >= 4 is 11.7 Å². The number of nitrogens with zero attached hydrogens (tertiary/aromatic N) is 3. The summed E-state index contributed by atoms with van der Waals surface area (Å²) in [5, 5.41) is 14.2. The topological polar surface area (TPSA) is 104 Å². The predicted octanol–water partition coefficient (Wildman–Crippen LogP) is 0.690. The van der Waals surface area contributed by atoms with Crippen molar-refractivity contribution in [3.05, 3.63) is 21.9 Å². The van der Waals surface area contributed by atoms with Gasteiger partial charge in [-0.25, -0.2) is 0 Å². The number of carbonyl (C=O) groups excluding carboxylic acids is 1. The van der Waals surface area contributed by atoms with Gasteiger partial charge in [0.05, 0.1) is 17.8 Å². The second-order valence-corrected chi connectivity index (χ2v) is 3.10. The van der Waals surface area contributed by atoms with Crippen molar-refractivity contribution in [2.24, 2.45) is 5.73 Å². The Morgan fingerprint density at radius 2 is 2.40 bits per heavy atom. The van der Waals surface area contributed by atoms with Gasteiger partial charge in [-0.3, -0.25) is 4.79 Å². The van der Waals surface area contributed by atoms with Crippen molar-refractivity contribution < 1.29 is 9.72 Å². The molecule has 1 rings (SSSR count). The van der Waals surface area contributed by atoms with Gasteiger partial charge < -0.3 is 15.8 Å². The zero-order valence-electron chi connectivity index (χ0n) is 8.34. The summed E-state index contributed by atoms with van der Waals surface area (Å²) in [4.78, 5) is 20.7. The first-order valence-electron chi connectivity index (χ1n) is 4.58. The lowest BCUT2D eigenvalue weighted by Gasteiger charge is -1.91. The molecule has 1 amide bonds. The van der Waals surface area contributed by atoms with E-state index in [1.807, 2.05) is 6.92 Å². The van der Waals surface area contributed by atoms with E-state index < -0.39 is 16.6 Å². The molecule has 1 heterocycles. The average Bonchev–Trinajstić information content (AvgIpc) is 2.58. The predicted molar refractivity (Wildman–Crippen MR) is 52.3 cm³/mol. The van der Waals surface area contributed by atoms with E-state index in [0.29, 0.717) is 6.54 Å². The molecule has 0 aromatic carbocycles. The van der Waals surface area contributed by atoms with Gasteiger partial charge in [-0.05, 0) is 11.3 Å². The van der Waals surface area contributed by atoms with Gasteiger partial charge in [0.25, 0.3) is 5.91 Å². The highest BCUT2D eigenvalue weighted by molar-refractivity contribution is 5.95. The van der Waals surface area contributed by atoms with Crippen LogP contribution in [0.1, 0.15) is 30.1 Å². The molecule has 0 aliphatic rings. The molecule has 0 unspecified atom stereocenters. The number of nitro groups is 1. The molecule has 15 heavy (non-hydrogen) atoms. The lowest BCUT2D eigenvalue weighted by Crippen LogP contribution is -2.11. The van der Waals surface area contributed by atoms with Gasteiger partial charge in [-0.2, -0.15) is 4.68 Å². The zero-order valence-corrected chi connectivity index (χ0v) is 8.34. The normalized spacial score (nSPS) is 10.2. The van der Waals surface area contributed by atoms with Crippen molar-refractivity contribution in [2.75, 3.05) is 0 Å². The Hall–Kier alpha value is -1.92. The van der Waals surface area contributed by atoms with Crippen LogP contribution in [0.3, 0.4) is 0 Å². The van der Waals surface area contributed by atoms with E-state index in [4.69, 9.17) is 5.73 Å². The number of unbranched alkanes of at least 4 members (excludes halogenated alkanes) is 1. The molecule has 1 aromatic rings. The van der Waals surface area contributed by atoms with E-state index in [9.17, 15) is 14.9 Å². The standard InChI is InChI=1S/C8H12N4O3/c1-2-3-4-11-5-6(7(9)13)8(10-11)12(14)15/h5H,2-4H2,1H3,(H2,9,13). The van der Waals surface area contributed by atoms with Crippen LogP contribution in [-0.4, -0.2) is 20.6 Å². The van der Waals surface area contributed by atoms with Gasteiger partial charge in [0, 0.05) is 0 Å². The molecule has 82 valence electrons. The smallest absolute Gasteiger partial charge is 0.365 e. The summed E-state index contributed by atoms with van der Waals surface area (Å²) in [6, 6.07) is 0. The Kier molecular flexibility index (Phi) is 3.37. The molecule has 0 aliphatic heterocycles. The molecule has 0 fully saturated rings. The molecule has 0 spiro atoms. The lowest BCUT2D eigenvalue weighted by atomic mass is 10.3. The summed E-state index contributed by atoms with van der Waals surface area (Å²) >= 11 is 0. The first-order chi connectivity index (χ1) is 7.06. The van der Waals surface area contributed by atoms with Crippen LogP contribution in [0.2, 0.25) is 0 Å². The number of hydrogen-bond donors (Lipinski definition) is 1. The number of aryl methyl sites for hydroxylation is 1. The van der Waals surface area contributed by atoms with E-state index in [0.717, 1.165) is 12.8 Å². The van der Waals surface area contributed by atoms with Gasteiger partial charge in [-0.15, -0.1) is 0 Å². The van der Waals surface area contributed by atoms with E-state index in [-0.39, 0.29) is 5.56 Å². The molecule has 7 nitrogen and oxygen atoms in total. The third-order valence-electron chi connectivity index (χ3n) is 1.92. The van der Waals surface area contributed by atoms with Gasteiger partial charge in [-0.1, -0.05) is 13.3 Å². The second kappa shape index (κ2) is 4.54. The largest absolute Gasteiger partial charge is 0.402 e. The minimum absolute atomic E-state index is 0.142. The highest BCUT2D eigenvalue weighted by Crippen LogP contribution is 2.15. The third kappa shape index (κ3) is 2.52. The van der Waals surface area contributed by atoms with Gasteiger partial charge in [0.15, 0.2) is 5.56 Å². The fraction of sp³-hybridized carbons (Fsp3) is 0.500. The molecular weight excluding hydrogens is 200 g/mol. The molecule has 0 radical (unpaired) electrons. The van der Waals surface area contributed by atoms with Crippen LogP contribution in [-0.2, 0) is 6.54 Å². The van der Waals surface area contributed by atoms with Crippen LogP contribution in [0.4, 0.5) is 5.82 Å². The quantitative estimate of drug-likeness (QED) is 0.572. The lowest BCUT2D eigenvalue weighted by molar-refractivity contribution is -0.390. The summed E-state index contributed by atoms with van der Waals surface area (Å²) < 4.78 is 1.38. The second-order valence-electron chi connectivity index (χ2n) is 3.10. The first kappa shape index (κ1) is 11.2. The number of amides is 1. The highest BCUT2D eigenvalue weighted by Gasteiger charge is 2.24. The van der Waals surface area contributed by atoms with Gasteiger partial charge >= 0.3 is 5.82 Å². The highest BCUT2D eigenvalue weighted by atomic mass is 16.6. The van der Waals surface area contributed by atoms with Crippen LogP contribution in [0.15, 0.2) is 6.20 Å². The molecular formula is C8H12N4O3. The Balaban J connectivity index is 2.98. The Morgan fingerprint density at radius 1 is 1.73 bits per heavy atom. The summed E-state index contributed by atoms with van der Waals surface area (Å²) in [5.74, 6) is -1.30. The van der Waals surface area contributed by atoms with Crippen molar-refractivity contribution in [1.29, 1.82) is 0 Å². The number of nitrogens with two attached hydrogens (primary N) is 1. The number of hydrogen-bond acceptors (Lipinski definition) is 4. The molecule has 0 saturated carbocycles. The zero-order chi connectivity index (χ0) is 11.4. The summed E-state index contributed by atoms with van der Waals surface area (Å²) in [5.41, 5.74) is 4.86. The fourth-order valence-corrected chi connectivity index (χ4v) is 1.15. The molecule has 2 N–H and O–H groups in total. The van der Waals surface area contributed by atoms with E-state index in [1.54, 1.807) is 0 Å². The van der Waals surface area contributed by atoms with Gasteiger partial charge in [0.1, 0.15) is 0 Å². The average molecular weight is 212 g/mol. The number of rotatable bonds is 5. The molecule has 7 heteroatoms. The van der Waals surface area contributed by atoms with Crippen LogP contribution in [0, 0.1) is 10.1 Å². The Bertz CT molecular complexity index is 354.